The van der Waals surface area contributed by atoms with Gasteiger partial charge in [0.25, 0.3) is 0 Å². The van der Waals surface area contributed by atoms with Gasteiger partial charge >= 0.3 is 0 Å². The summed E-state index contributed by atoms with van der Waals surface area (Å²) in [6, 6.07) is 8.95. The Morgan fingerprint density at radius 3 is 2.82 bits per heavy atom. The van der Waals surface area contributed by atoms with Crippen LogP contribution in [-0.4, -0.2) is 13.1 Å². The summed E-state index contributed by atoms with van der Waals surface area (Å²) in [5, 5.41) is 3.59. The smallest absolute Gasteiger partial charge is 0.0444 e. The summed E-state index contributed by atoms with van der Waals surface area (Å²) in [6.45, 7) is 3.90. The average Bonchev–Trinajstić information content (AvgIpc) is 2.27. The maximum atomic E-state index is 5.86. The van der Waals surface area contributed by atoms with Crippen LogP contribution in [0.2, 0.25) is 0 Å². The minimum absolute atomic E-state index is 0.315. The second kappa shape index (κ2) is 6.18. The molecule has 1 aliphatic rings. The molecule has 1 atom stereocenters. The zero-order chi connectivity index (χ0) is 12.1. The van der Waals surface area contributed by atoms with Crippen molar-refractivity contribution in [2.45, 2.75) is 38.6 Å². The van der Waals surface area contributed by atoms with Crippen molar-refractivity contribution < 1.29 is 0 Å². The van der Waals surface area contributed by atoms with E-state index in [1.165, 1.54) is 36.8 Å². The first kappa shape index (κ1) is 12.6. The van der Waals surface area contributed by atoms with Crippen LogP contribution >= 0.6 is 0 Å². The highest BCUT2D eigenvalue weighted by atomic mass is 14.9. The molecule has 2 rings (SSSR count). The van der Waals surface area contributed by atoms with Crippen molar-refractivity contribution in [2.75, 3.05) is 13.1 Å². The Kier molecular flexibility index (Phi) is 4.57. The summed E-state index contributed by atoms with van der Waals surface area (Å²) in [4.78, 5) is 0. The summed E-state index contributed by atoms with van der Waals surface area (Å²) < 4.78 is 0. The van der Waals surface area contributed by atoms with Crippen LogP contribution < -0.4 is 11.1 Å². The molecule has 1 unspecified atom stereocenters. The quantitative estimate of drug-likeness (QED) is 0.791. The van der Waals surface area contributed by atoms with E-state index < -0.39 is 0 Å². The predicted octanol–water partition coefficient (Wildman–Crippen LogP) is 2.77. The molecule has 0 spiro atoms. The Morgan fingerprint density at radius 2 is 2.24 bits per heavy atom. The summed E-state index contributed by atoms with van der Waals surface area (Å²) in [6.07, 6.45) is 5.60. The fourth-order valence-electron chi connectivity index (χ4n) is 2.47. The van der Waals surface area contributed by atoms with Gasteiger partial charge in [-0.05, 0) is 31.4 Å². The molecule has 1 saturated carbocycles. The van der Waals surface area contributed by atoms with Gasteiger partial charge in [0.1, 0.15) is 0 Å². The van der Waals surface area contributed by atoms with Crippen molar-refractivity contribution in [3.63, 3.8) is 0 Å². The van der Waals surface area contributed by atoms with Crippen molar-refractivity contribution >= 4 is 0 Å². The molecule has 0 amide bonds. The standard InChI is InChI=1S/C15H24N2/c1-12-4-2-7-14(10-12)15(11-16)17-9-8-13-5-3-6-13/h2,4,7,10,13,15,17H,3,5-6,8-9,11,16H2,1H3. The van der Waals surface area contributed by atoms with Crippen LogP contribution in [0.1, 0.15) is 42.9 Å². The van der Waals surface area contributed by atoms with Gasteiger partial charge < -0.3 is 11.1 Å². The highest BCUT2D eigenvalue weighted by Crippen LogP contribution is 2.29. The van der Waals surface area contributed by atoms with Crippen molar-refractivity contribution in [2.24, 2.45) is 11.7 Å². The Morgan fingerprint density at radius 1 is 1.41 bits per heavy atom. The first-order valence-corrected chi connectivity index (χ1v) is 6.79. The molecule has 94 valence electrons. The Hall–Kier alpha value is -0.860. The lowest BCUT2D eigenvalue weighted by Gasteiger charge is -2.26. The second-order valence-electron chi connectivity index (χ2n) is 5.24. The molecule has 0 aliphatic heterocycles. The molecule has 0 saturated heterocycles. The van der Waals surface area contributed by atoms with E-state index >= 15 is 0 Å². The van der Waals surface area contributed by atoms with E-state index in [1.54, 1.807) is 0 Å². The highest BCUT2D eigenvalue weighted by Gasteiger charge is 2.17. The third kappa shape index (κ3) is 3.55. The summed E-state index contributed by atoms with van der Waals surface area (Å²) in [5.41, 5.74) is 8.48. The van der Waals surface area contributed by atoms with Crippen LogP contribution in [0.15, 0.2) is 24.3 Å². The number of rotatable bonds is 6. The monoisotopic (exact) mass is 232 g/mol. The summed E-state index contributed by atoms with van der Waals surface area (Å²) in [5.74, 6) is 0.971. The maximum Gasteiger partial charge on any atom is 0.0444 e. The Bertz CT molecular complexity index is 345. The van der Waals surface area contributed by atoms with E-state index in [9.17, 15) is 0 Å². The van der Waals surface area contributed by atoms with Gasteiger partial charge in [-0.15, -0.1) is 0 Å². The molecule has 3 N–H and O–H groups in total. The van der Waals surface area contributed by atoms with Crippen LogP contribution in [-0.2, 0) is 0 Å². The van der Waals surface area contributed by atoms with Gasteiger partial charge in [-0.3, -0.25) is 0 Å². The lowest BCUT2D eigenvalue weighted by molar-refractivity contribution is 0.288. The van der Waals surface area contributed by atoms with E-state index in [2.05, 4.69) is 36.5 Å². The normalized spacial score (nSPS) is 17.8. The van der Waals surface area contributed by atoms with Crippen LogP contribution in [0, 0.1) is 12.8 Å². The number of hydrogen-bond donors (Lipinski definition) is 2. The number of nitrogens with one attached hydrogen (secondary N) is 1. The fraction of sp³-hybridized carbons (Fsp3) is 0.600. The van der Waals surface area contributed by atoms with Crippen LogP contribution in [0.5, 0.6) is 0 Å². The maximum absolute atomic E-state index is 5.86. The minimum atomic E-state index is 0.315. The van der Waals surface area contributed by atoms with Crippen molar-refractivity contribution in [3.8, 4) is 0 Å². The van der Waals surface area contributed by atoms with Gasteiger partial charge in [-0.2, -0.15) is 0 Å². The molecule has 1 aromatic carbocycles. The lowest BCUT2D eigenvalue weighted by Crippen LogP contribution is -2.30. The molecule has 1 aliphatic carbocycles. The van der Waals surface area contributed by atoms with E-state index in [-0.39, 0.29) is 0 Å². The Balaban J connectivity index is 1.82. The van der Waals surface area contributed by atoms with Crippen LogP contribution in [0.4, 0.5) is 0 Å². The van der Waals surface area contributed by atoms with Gasteiger partial charge in [-0.25, -0.2) is 0 Å². The molecule has 2 heteroatoms. The van der Waals surface area contributed by atoms with E-state index in [4.69, 9.17) is 5.73 Å². The van der Waals surface area contributed by atoms with Crippen LogP contribution in [0.3, 0.4) is 0 Å². The molecular weight excluding hydrogens is 208 g/mol. The molecule has 1 aromatic rings. The van der Waals surface area contributed by atoms with Gasteiger partial charge in [-0.1, -0.05) is 49.1 Å². The number of aryl methyl sites for hydroxylation is 1. The molecule has 0 bridgehead atoms. The summed E-state index contributed by atoms with van der Waals surface area (Å²) in [7, 11) is 0. The fourth-order valence-corrected chi connectivity index (χ4v) is 2.47. The van der Waals surface area contributed by atoms with Crippen molar-refractivity contribution in [1.29, 1.82) is 0 Å². The number of nitrogens with two attached hydrogens (primary N) is 1. The third-order valence-corrected chi connectivity index (χ3v) is 3.85. The zero-order valence-electron chi connectivity index (χ0n) is 10.8. The molecule has 0 radical (unpaired) electrons. The van der Waals surface area contributed by atoms with Crippen molar-refractivity contribution in [3.05, 3.63) is 35.4 Å². The van der Waals surface area contributed by atoms with E-state index in [0.717, 1.165) is 12.5 Å². The zero-order valence-corrected chi connectivity index (χ0v) is 10.8. The molecule has 17 heavy (non-hydrogen) atoms. The number of hydrogen-bond acceptors (Lipinski definition) is 2. The van der Waals surface area contributed by atoms with Gasteiger partial charge in [0.15, 0.2) is 0 Å². The van der Waals surface area contributed by atoms with E-state index in [1.807, 2.05) is 0 Å². The highest BCUT2D eigenvalue weighted by molar-refractivity contribution is 5.25. The molecule has 2 nitrogen and oxygen atoms in total. The van der Waals surface area contributed by atoms with Gasteiger partial charge in [0.2, 0.25) is 0 Å². The van der Waals surface area contributed by atoms with Crippen molar-refractivity contribution in [1.82, 2.24) is 5.32 Å². The molecule has 1 fully saturated rings. The molecule has 0 aromatic heterocycles. The lowest BCUT2D eigenvalue weighted by atomic mass is 9.83. The third-order valence-electron chi connectivity index (χ3n) is 3.85. The van der Waals surface area contributed by atoms with E-state index in [0.29, 0.717) is 12.6 Å². The molecule has 0 heterocycles. The largest absolute Gasteiger partial charge is 0.329 e. The van der Waals surface area contributed by atoms with Crippen LogP contribution in [0.25, 0.3) is 0 Å². The van der Waals surface area contributed by atoms with Gasteiger partial charge in [0, 0.05) is 12.6 Å². The summed E-state index contributed by atoms with van der Waals surface area (Å²) >= 11 is 0. The predicted molar refractivity (Wildman–Crippen MR) is 72.9 cm³/mol. The first-order chi connectivity index (χ1) is 8.29. The first-order valence-electron chi connectivity index (χ1n) is 6.79. The minimum Gasteiger partial charge on any atom is -0.329 e. The molecular formula is C15H24N2. The average molecular weight is 232 g/mol. The SMILES string of the molecule is Cc1cccc(C(CN)NCCC2CCC2)c1. The van der Waals surface area contributed by atoms with Gasteiger partial charge in [0.05, 0.1) is 0 Å². The Labute approximate surface area is 105 Å². The second-order valence-corrected chi connectivity index (χ2v) is 5.24. The number of benzene rings is 1. The topological polar surface area (TPSA) is 38.0 Å².